The highest BCUT2D eigenvalue weighted by atomic mass is 16.5. The molecule has 0 spiro atoms. The van der Waals surface area contributed by atoms with E-state index in [1.807, 2.05) is 50.2 Å². The van der Waals surface area contributed by atoms with Gasteiger partial charge in [-0.25, -0.2) is 4.98 Å². The third-order valence-corrected chi connectivity index (χ3v) is 4.20. The zero-order valence-corrected chi connectivity index (χ0v) is 13.5. The molecule has 24 heavy (non-hydrogen) atoms. The summed E-state index contributed by atoms with van der Waals surface area (Å²) in [5.41, 5.74) is 9.19. The Kier molecular flexibility index (Phi) is 3.28. The molecule has 122 valence electrons. The fourth-order valence-corrected chi connectivity index (χ4v) is 2.93. The number of anilines is 1. The smallest absolute Gasteiger partial charge is 0.261 e. The average molecular weight is 322 g/mol. The zero-order valence-electron chi connectivity index (χ0n) is 13.5. The van der Waals surface area contributed by atoms with E-state index < -0.39 is 6.35 Å². The predicted molar refractivity (Wildman–Crippen MR) is 94.1 cm³/mol. The maximum atomic E-state index is 12.7. The van der Waals surface area contributed by atoms with E-state index in [0.29, 0.717) is 10.9 Å². The summed E-state index contributed by atoms with van der Waals surface area (Å²) in [5, 5.41) is 3.67. The van der Waals surface area contributed by atoms with E-state index in [9.17, 15) is 4.79 Å². The highest BCUT2D eigenvalue weighted by Crippen LogP contribution is 2.35. The normalized spacial score (nSPS) is 16.1. The van der Waals surface area contributed by atoms with Gasteiger partial charge in [-0.2, -0.15) is 0 Å². The zero-order chi connectivity index (χ0) is 16.8. The van der Waals surface area contributed by atoms with Crippen LogP contribution >= 0.6 is 0 Å². The molecule has 0 saturated heterocycles. The summed E-state index contributed by atoms with van der Waals surface area (Å²) in [7, 11) is 0. The minimum atomic E-state index is -0.519. The van der Waals surface area contributed by atoms with Gasteiger partial charge >= 0.3 is 0 Å². The van der Waals surface area contributed by atoms with Crippen LogP contribution in [0.15, 0.2) is 47.5 Å². The third kappa shape index (κ3) is 2.32. The number of hydrogen-bond donors (Lipinski definition) is 2. The second-order valence-electron chi connectivity index (χ2n) is 6.18. The number of nitrogens with zero attached hydrogens (tertiary/aromatic N) is 2. The lowest BCUT2D eigenvalue weighted by Crippen LogP contribution is -2.30. The summed E-state index contributed by atoms with van der Waals surface area (Å²) in [6, 6.07) is 11.6. The van der Waals surface area contributed by atoms with Gasteiger partial charge in [0.25, 0.3) is 5.56 Å². The molecule has 0 aliphatic carbocycles. The molecular formula is C18H18N4O2. The first-order valence-electron chi connectivity index (χ1n) is 7.87. The molecule has 6 heteroatoms. The summed E-state index contributed by atoms with van der Waals surface area (Å²) in [6.07, 6.45) is 1.09. The van der Waals surface area contributed by atoms with Crippen LogP contribution in [0.2, 0.25) is 0 Å². The van der Waals surface area contributed by atoms with E-state index in [1.54, 1.807) is 10.9 Å². The number of aromatic nitrogens is 2. The molecule has 0 bridgehead atoms. The van der Waals surface area contributed by atoms with Gasteiger partial charge in [-0.1, -0.05) is 12.1 Å². The van der Waals surface area contributed by atoms with Crippen molar-refractivity contribution < 1.29 is 4.74 Å². The molecule has 2 heterocycles. The van der Waals surface area contributed by atoms with Crippen molar-refractivity contribution in [3.63, 3.8) is 0 Å². The molecule has 1 aliphatic heterocycles. The third-order valence-electron chi connectivity index (χ3n) is 4.20. The van der Waals surface area contributed by atoms with Crippen LogP contribution in [0.25, 0.3) is 22.0 Å². The van der Waals surface area contributed by atoms with Crippen molar-refractivity contribution in [2.24, 2.45) is 5.73 Å². The first-order valence-corrected chi connectivity index (χ1v) is 7.87. The van der Waals surface area contributed by atoms with Gasteiger partial charge in [0.05, 0.1) is 22.9 Å². The lowest BCUT2D eigenvalue weighted by atomic mass is 10.0. The number of nitrogens with one attached hydrogen (secondary N) is 1. The van der Waals surface area contributed by atoms with Gasteiger partial charge in [-0.15, -0.1) is 0 Å². The van der Waals surface area contributed by atoms with Crippen LogP contribution in [-0.2, 0) is 0 Å². The minimum Gasteiger partial charge on any atom is -0.456 e. The number of fused-ring (bicyclic) bond motifs is 2. The van der Waals surface area contributed by atoms with E-state index in [2.05, 4.69) is 10.3 Å². The number of hydrogen-bond acceptors (Lipinski definition) is 5. The monoisotopic (exact) mass is 322 g/mol. The number of rotatable bonds is 2. The molecule has 0 radical (unpaired) electrons. The standard InChI is InChI=1S/C18H18N4O2/c1-10(2)22-9-20-14-5-3-11(7-13(14)17(22)23)12-4-6-16-15(8-12)21-18(19)24-16/h3-10,18,21H,19H2,1-2H3. The van der Waals surface area contributed by atoms with Crippen molar-refractivity contribution >= 4 is 16.6 Å². The maximum absolute atomic E-state index is 12.7. The minimum absolute atomic E-state index is 0.0264. The van der Waals surface area contributed by atoms with Gasteiger partial charge in [0, 0.05) is 6.04 Å². The number of benzene rings is 2. The summed E-state index contributed by atoms with van der Waals surface area (Å²) in [5.74, 6) is 0.732. The molecule has 6 nitrogen and oxygen atoms in total. The van der Waals surface area contributed by atoms with Gasteiger partial charge in [0.2, 0.25) is 6.35 Å². The quantitative estimate of drug-likeness (QED) is 0.758. The van der Waals surface area contributed by atoms with Gasteiger partial charge in [-0.3, -0.25) is 15.1 Å². The van der Waals surface area contributed by atoms with E-state index in [0.717, 1.165) is 22.6 Å². The summed E-state index contributed by atoms with van der Waals surface area (Å²) < 4.78 is 7.07. The highest BCUT2D eigenvalue weighted by molar-refractivity contribution is 5.85. The van der Waals surface area contributed by atoms with Gasteiger partial charge in [-0.05, 0) is 49.2 Å². The average Bonchev–Trinajstić information content (AvgIpc) is 2.93. The van der Waals surface area contributed by atoms with Crippen molar-refractivity contribution in [3.8, 4) is 16.9 Å². The Labute approximate surface area is 138 Å². The molecule has 0 fully saturated rings. The maximum Gasteiger partial charge on any atom is 0.261 e. The van der Waals surface area contributed by atoms with Crippen LogP contribution in [0, 0.1) is 0 Å². The lowest BCUT2D eigenvalue weighted by Gasteiger charge is -2.11. The fraction of sp³-hybridized carbons (Fsp3) is 0.222. The largest absolute Gasteiger partial charge is 0.456 e. The Hall–Kier alpha value is -2.86. The molecule has 2 aromatic carbocycles. The van der Waals surface area contributed by atoms with Crippen LogP contribution in [0.3, 0.4) is 0 Å². The first-order chi connectivity index (χ1) is 11.5. The van der Waals surface area contributed by atoms with E-state index in [-0.39, 0.29) is 11.6 Å². The van der Waals surface area contributed by atoms with Crippen LogP contribution in [0.1, 0.15) is 19.9 Å². The molecule has 0 saturated carbocycles. The van der Waals surface area contributed by atoms with Crippen LogP contribution in [-0.4, -0.2) is 15.9 Å². The van der Waals surface area contributed by atoms with Gasteiger partial charge < -0.3 is 10.1 Å². The van der Waals surface area contributed by atoms with Crippen molar-refractivity contribution in [3.05, 3.63) is 53.1 Å². The van der Waals surface area contributed by atoms with Crippen LogP contribution in [0.4, 0.5) is 5.69 Å². The Morgan fingerprint density at radius 2 is 1.96 bits per heavy atom. The summed E-state index contributed by atoms with van der Waals surface area (Å²) in [4.78, 5) is 17.0. The molecule has 0 amide bonds. The van der Waals surface area contributed by atoms with Crippen molar-refractivity contribution in [2.45, 2.75) is 26.2 Å². The Morgan fingerprint density at radius 3 is 2.75 bits per heavy atom. The summed E-state index contributed by atoms with van der Waals surface area (Å²) >= 11 is 0. The highest BCUT2D eigenvalue weighted by Gasteiger charge is 2.18. The molecule has 1 unspecified atom stereocenters. The Balaban J connectivity index is 1.85. The topological polar surface area (TPSA) is 82.2 Å². The Bertz CT molecular complexity index is 994. The SMILES string of the molecule is CC(C)n1cnc2ccc(-c3ccc4c(c3)NC(N)O4)cc2c1=O. The lowest BCUT2D eigenvalue weighted by molar-refractivity contribution is 0.262. The second kappa shape index (κ2) is 5.35. The van der Waals surface area contributed by atoms with E-state index in [1.165, 1.54) is 0 Å². The van der Waals surface area contributed by atoms with E-state index >= 15 is 0 Å². The molecule has 4 rings (SSSR count). The molecule has 1 aromatic heterocycles. The molecule has 1 atom stereocenters. The fourth-order valence-electron chi connectivity index (χ4n) is 2.93. The first kappa shape index (κ1) is 14.7. The summed E-state index contributed by atoms with van der Waals surface area (Å²) in [6.45, 7) is 3.93. The van der Waals surface area contributed by atoms with E-state index in [4.69, 9.17) is 10.5 Å². The van der Waals surface area contributed by atoms with Crippen molar-refractivity contribution in [1.82, 2.24) is 9.55 Å². The van der Waals surface area contributed by atoms with Crippen LogP contribution in [0.5, 0.6) is 5.75 Å². The number of ether oxygens (including phenoxy) is 1. The Morgan fingerprint density at radius 1 is 1.21 bits per heavy atom. The van der Waals surface area contributed by atoms with Gasteiger partial charge in [0.1, 0.15) is 5.75 Å². The van der Waals surface area contributed by atoms with Gasteiger partial charge in [0.15, 0.2) is 0 Å². The molecule has 1 aliphatic rings. The van der Waals surface area contributed by atoms with Crippen LogP contribution < -0.4 is 21.3 Å². The van der Waals surface area contributed by atoms with Crippen molar-refractivity contribution in [2.75, 3.05) is 5.32 Å². The second-order valence-corrected chi connectivity index (χ2v) is 6.18. The molecule has 3 N–H and O–H groups in total. The molecule has 3 aromatic rings. The predicted octanol–water partition coefficient (Wildman–Crippen LogP) is 2.69. The van der Waals surface area contributed by atoms with Crippen molar-refractivity contribution in [1.29, 1.82) is 0 Å². The molecular weight excluding hydrogens is 304 g/mol. The number of nitrogens with two attached hydrogens (primary N) is 1.